The molecule has 0 saturated heterocycles. The number of rotatable bonds is 8. The molecule has 2 heterocycles. The van der Waals surface area contributed by atoms with Crippen LogP contribution in [-0.4, -0.2) is 45.3 Å². The van der Waals surface area contributed by atoms with Gasteiger partial charge in [-0.3, -0.25) is 28.5 Å². The number of fused-ring (bicyclic) bond motifs is 1. The van der Waals surface area contributed by atoms with Gasteiger partial charge in [-0.05, 0) is 18.6 Å². The molecule has 11 nitrogen and oxygen atoms in total. The number of methoxy groups -OCH3 is 1. The Kier molecular flexibility index (Phi) is 6.65. The van der Waals surface area contributed by atoms with Crippen LogP contribution in [-0.2, 0) is 22.6 Å². The fraction of sp³-hybridized carbons (Fsp3) is 0.350. The van der Waals surface area contributed by atoms with Crippen molar-refractivity contribution in [3.05, 3.63) is 61.7 Å². The first-order valence-electron chi connectivity index (χ1n) is 9.75. The van der Waals surface area contributed by atoms with E-state index in [1.54, 1.807) is 24.3 Å². The van der Waals surface area contributed by atoms with Crippen molar-refractivity contribution >= 4 is 28.4 Å². The first-order valence-corrected chi connectivity index (χ1v) is 9.75. The lowest BCUT2D eigenvalue weighted by atomic mass is 10.3. The number of hydrogen-bond acceptors (Lipinski definition) is 7. The second kappa shape index (κ2) is 9.39. The number of ether oxygens (including phenoxy) is 1. The van der Waals surface area contributed by atoms with Crippen LogP contribution in [0, 0.1) is 0 Å². The molecular formula is C20H24N6O5. The molecule has 11 heteroatoms. The lowest BCUT2D eigenvalue weighted by Gasteiger charge is -2.24. The Balaban J connectivity index is 2.09. The third-order valence-electron chi connectivity index (χ3n) is 4.80. The third-order valence-corrected chi connectivity index (χ3v) is 4.80. The quantitative estimate of drug-likeness (QED) is 0.510. The van der Waals surface area contributed by atoms with Gasteiger partial charge in [0.1, 0.15) is 12.4 Å². The van der Waals surface area contributed by atoms with Crippen LogP contribution in [0.1, 0.15) is 13.3 Å². The molecule has 0 unspecified atom stereocenters. The molecule has 3 N–H and O–H groups in total. The van der Waals surface area contributed by atoms with E-state index < -0.39 is 22.7 Å². The van der Waals surface area contributed by atoms with Crippen LogP contribution in [0.15, 0.2) is 44.8 Å². The summed E-state index contributed by atoms with van der Waals surface area (Å²) in [6.07, 6.45) is 1.73. The van der Waals surface area contributed by atoms with E-state index in [0.717, 1.165) is 11.1 Å². The third kappa shape index (κ3) is 4.40. The van der Waals surface area contributed by atoms with Crippen LogP contribution in [0.5, 0.6) is 0 Å². The maximum absolute atomic E-state index is 13.3. The summed E-state index contributed by atoms with van der Waals surface area (Å²) in [5.74, 6) is -0.679. The highest BCUT2D eigenvalue weighted by Crippen LogP contribution is 2.18. The number of aromatic amines is 1. The molecule has 0 aliphatic carbocycles. The fourth-order valence-corrected chi connectivity index (χ4v) is 3.33. The predicted octanol–water partition coefficient (Wildman–Crippen LogP) is -0.0817. The summed E-state index contributed by atoms with van der Waals surface area (Å²) in [5.41, 5.74) is 5.10. The number of nitrogens with two attached hydrogens (primary N) is 1. The normalized spacial score (nSPS) is 11.0. The SMILES string of the molecule is CCCn1c(N)c(N(CCOC)C(=O)Cn2c(=O)cnc3ccccc32)c(=O)[nH]c1=O. The standard InChI is InChI=1S/C20H24N6O5/c1-3-8-25-18(21)17(19(29)23-20(25)30)24(9-10-31-2)16(28)12-26-14-7-5-4-6-13(14)22-11-15(26)27/h4-7,11H,3,8-10,12,21H2,1-2H3,(H,23,29,30). The van der Waals surface area contributed by atoms with Crippen molar-refractivity contribution in [3.8, 4) is 0 Å². The Morgan fingerprint density at radius 2 is 1.97 bits per heavy atom. The molecule has 0 atom stereocenters. The molecule has 2 aromatic heterocycles. The number of benzene rings is 1. The molecule has 0 aliphatic rings. The summed E-state index contributed by atoms with van der Waals surface area (Å²) in [4.78, 5) is 57.9. The maximum atomic E-state index is 13.3. The van der Waals surface area contributed by atoms with Crippen molar-refractivity contribution in [2.24, 2.45) is 0 Å². The van der Waals surface area contributed by atoms with Gasteiger partial charge in [-0.1, -0.05) is 19.1 Å². The fourth-order valence-electron chi connectivity index (χ4n) is 3.33. The number of carbonyl (C=O) groups excluding carboxylic acids is 1. The van der Waals surface area contributed by atoms with E-state index in [9.17, 15) is 19.2 Å². The number of hydrogen-bond donors (Lipinski definition) is 2. The first-order chi connectivity index (χ1) is 14.9. The Morgan fingerprint density at radius 3 is 2.68 bits per heavy atom. The molecule has 0 bridgehead atoms. The van der Waals surface area contributed by atoms with Crippen LogP contribution in [0.4, 0.5) is 11.5 Å². The van der Waals surface area contributed by atoms with Crippen molar-refractivity contribution in [2.45, 2.75) is 26.4 Å². The summed E-state index contributed by atoms with van der Waals surface area (Å²) in [6.45, 7) is 1.90. The van der Waals surface area contributed by atoms with Crippen LogP contribution >= 0.6 is 0 Å². The summed E-state index contributed by atoms with van der Waals surface area (Å²) in [7, 11) is 1.45. The molecule has 3 rings (SSSR count). The zero-order chi connectivity index (χ0) is 22.5. The van der Waals surface area contributed by atoms with E-state index in [-0.39, 0.29) is 37.7 Å². The summed E-state index contributed by atoms with van der Waals surface area (Å²) in [5, 5.41) is 0. The number of para-hydroxylation sites is 2. The Labute approximate surface area is 176 Å². The van der Waals surface area contributed by atoms with Crippen molar-refractivity contribution < 1.29 is 9.53 Å². The number of nitrogens with one attached hydrogen (secondary N) is 1. The molecule has 0 spiro atoms. The van der Waals surface area contributed by atoms with Gasteiger partial charge in [0.05, 0.1) is 23.8 Å². The van der Waals surface area contributed by atoms with E-state index in [1.165, 1.54) is 16.2 Å². The van der Waals surface area contributed by atoms with Crippen molar-refractivity contribution in [2.75, 3.05) is 30.9 Å². The van der Waals surface area contributed by atoms with Gasteiger partial charge in [-0.25, -0.2) is 9.78 Å². The Hall–Kier alpha value is -3.73. The Bertz CT molecular complexity index is 1280. The van der Waals surface area contributed by atoms with Crippen molar-refractivity contribution in [3.63, 3.8) is 0 Å². The molecule has 0 aliphatic heterocycles. The van der Waals surface area contributed by atoms with Crippen LogP contribution < -0.4 is 27.4 Å². The van der Waals surface area contributed by atoms with Crippen molar-refractivity contribution in [1.82, 2.24) is 19.1 Å². The summed E-state index contributed by atoms with van der Waals surface area (Å²) >= 11 is 0. The highest BCUT2D eigenvalue weighted by Gasteiger charge is 2.25. The lowest BCUT2D eigenvalue weighted by molar-refractivity contribution is -0.119. The van der Waals surface area contributed by atoms with E-state index in [2.05, 4.69) is 9.97 Å². The number of H-pyrrole nitrogens is 1. The minimum Gasteiger partial charge on any atom is -0.383 e. The number of anilines is 2. The highest BCUT2D eigenvalue weighted by atomic mass is 16.5. The summed E-state index contributed by atoms with van der Waals surface area (Å²) < 4.78 is 7.56. The second-order valence-corrected chi connectivity index (χ2v) is 6.85. The molecule has 1 aromatic carbocycles. The average Bonchev–Trinajstić information content (AvgIpc) is 2.75. The van der Waals surface area contributed by atoms with Crippen LogP contribution in [0.25, 0.3) is 11.0 Å². The number of carbonyl (C=O) groups is 1. The maximum Gasteiger partial charge on any atom is 0.330 e. The topological polar surface area (TPSA) is 145 Å². The molecule has 3 aromatic rings. The van der Waals surface area contributed by atoms with Gasteiger partial charge in [-0.15, -0.1) is 0 Å². The van der Waals surface area contributed by atoms with E-state index in [4.69, 9.17) is 10.5 Å². The van der Waals surface area contributed by atoms with Crippen LogP contribution in [0.3, 0.4) is 0 Å². The number of nitrogen functional groups attached to an aromatic ring is 1. The zero-order valence-electron chi connectivity index (χ0n) is 17.3. The number of aromatic nitrogens is 4. The Morgan fingerprint density at radius 1 is 1.23 bits per heavy atom. The number of amides is 1. The smallest absolute Gasteiger partial charge is 0.330 e. The van der Waals surface area contributed by atoms with Gasteiger partial charge in [0.15, 0.2) is 5.69 Å². The molecule has 1 amide bonds. The second-order valence-electron chi connectivity index (χ2n) is 6.85. The first kappa shape index (κ1) is 22.0. The lowest BCUT2D eigenvalue weighted by Crippen LogP contribution is -2.44. The minimum atomic E-state index is -0.786. The monoisotopic (exact) mass is 428 g/mol. The van der Waals surface area contributed by atoms with Gasteiger partial charge in [0.2, 0.25) is 5.91 Å². The predicted molar refractivity (Wildman–Crippen MR) is 116 cm³/mol. The van der Waals surface area contributed by atoms with E-state index in [1.807, 2.05) is 6.92 Å². The van der Waals surface area contributed by atoms with E-state index >= 15 is 0 Å². The van der Waals surface area contributed by atoms with Crippen LogP contribution in [0.2, 0.25) is 0 Å². The summed E-state index contributed by atoms with van der Waals surface area (Å²) in [6, 6.07) is 6.91. The molecule has 164 valence electrons. The van der Waals surface area contributed by atoms with Crippen molar-refractivity contribution in [1.29, 1.82) is 0 Å². The largest absolute Gasteiger partial charge is 0.383 e. The zero-order valence-corrected chi connectivity index (χ0v) is 17.3. The van der Waals surface area contributed by atoms with Gasteiger partial charge in [0, 0.05) is 20.2 Å². The minimum absolute atomic E-state index is 0.00467. The number of nitrogens with zero attached hydrogens (tertiary/aromatic N) is 4. The highest BCUT2D eigenvalue weighted by molar-refractivity contribution is 5.96. The molecule has 0 saturated carbocycles. The van der Waals surface area contributed by atoms with Gasteiger partial charge in [0.25, 0.3) is 11.1 Å². The van der Waals surface area contributed by atoms with Gasteiger partial charge >= 0.3 is 5.69 Å². The van der Waals surface area contributed by atoms with E-state index in [0.29, 0.717) is 17.5 Å². The average molecular weight is 428 g/mol. The van der Waals surface area contributed by atoms with Gasteiger partial charge < -0.3 is 15.4 Å². The molecule has 31 heavy (non-hydrogen) atoms. The molecule has 0 radical (unpaired) electrons. The van der Waals surface area contributed by atoms with Gasteiger partial charge in [-0.2, -0.15) is 0 Å². The molecular weight excluding hydrogens is 404 g/mol. The molecule has 0 fully saturated rings.